The van der Waals surface area contributed by atoms with Crippen LogP contribution in [0.15, 0.2) is 12.3 Å². The molecule has 0 radical (unpaired) electrons. The van der Waals surface area contributed by atoms with E-state index in [-0.39, 0.29) is 0 Å². The maximum Gasteiger partial charge on any atom is 0.510 e. The first kappa shape index (κ1) is 12.1. The Bertz CT molecular complexity index is 337. The quantitative estimate of drug-likeness (QED) is 0.601. The highest BCUT2D eigenvalue weighted by Gasteiger charge is 2.50. The van der Waals surface area contributed by atoms with Crippen molar-refractivity contribution in [3.8, 4) is 0 Å². The van der Waals surface area contributed by atoms with E-state index in [4.69, 9.17) is 5.11 Å². The fourth-order valence-electron chi connectivity index (χ4n) is 5.18. The van der Waals surface area contributed by atoms with Crippen LogP contribution in [0.25, 0.3) is 0 Å². The number of carboxylic acid groups (broad SMARTS) is 1. The number of allylic oxidation sites excluding steroid dienone is 1. The molecule has 0 unspecified atom stereocenters. The van der Waals surface area contributed by atoms with Crippen LogP contribution in [-0.4, -0.2) is 11.3 Å². The van der Waals surface area contributed by atoms with E-state index in [1.807, 2.05) is 0 Å². The number of hydrogen-bond donors (Lipinski definition) is 1. The van der Waals surface area contributed by atoms with Gasteiger partial charge in [0.1, 0.15) is 5.76 Å². The van der Waals surface area contributed by atoms with Gasteiger partial charge in [-0.2, -0.15) is 0 Å². The summed E-state index contributed by atoms with van der Waals surface area (Å²) in [6.07, 6.45) is 8.98. The average Bonchev–Trinajstić information content (AvgIpc) is 2.23. The summed E-state index contributed by atoms with van der Waals surface area (Å²) >= 11 is 0. The van der Waals surface area contributed by atoms with Crippen molar-refractivity contribution in [2.75, 3.05) is 0 Å². The van der Waals surface area contributed by atoms with Crippen LogP contribution in [0.1, 0.15) is 51.4 Å². The number of hydrogen-bond acceptors (Lipinski definition) is 2. The third-order valence-electron chi connectivity index (χ3n) is 5.33. The monoisotopic (exact) mass is 250 g/mol. The van der Waals surface area contributed by atoms with Crippen LogP contribution in [0.2, 0.25) is 0 Å². The van der Waals surface area contributed by atoms with Crippen molar-refractivity contribution in [3.63, 3.8) is 0 Å². The van der Waals surface area contributed by atoms with Crippen LogP contribution < -0.4 is 0 Å². The van der Waals surface area contributed by atoms with E-state index in [1.54, 1.807) is 0 Å². The second kappa shape index (κ2) is 4.29. The number of carbonyl (C=O) groups is 1. The first-order valence-corrected chi connectivity index (χ1v) is 7.13. The summed E-state index contributed by atoms with van der Waals surface area (Å²) < 4.78 is 4.64. The Balaban J connectivity index is 1.59. The average molecular weight is 250 g/mol. The smallest absolute Gasteiger partial charge is 0.449 e. The predicted octanol–water partition coefficient (Wildman–Crippen LogP) is 4.19. The summed E-state index contributed by atoms with van der Waals surface area (Å²) in [5, 5.41) is 8.56. The van der Waals surface area contributed by atoms with Crippen LogP contribution in [0.4, 0.5) is 4.79 Å². The molecule has 0 saturated heterocycles. The zero-order valence-corrected chi connectivity index (χ0v) is 10.9. The summed E-state index contributed by atoms with van der Waals surface area (Å²) in [6, 6.07) is 0. The normalized spacial score (nSPS) is 40.8. The van der Waals surface area contributed by atoms with Gasteiger partial charge in [-0.05, 0) is 68.1 Å². The zero-order chi connectivity index (χ0) is 12.8. The van der Waals surface area contributed by atoms with E-state index in [0.29, 0.717) is 17.6 Å². The second-order valence-corrected chi connectivity index (χ2v) is 6.82. The highest BCUT2D eigenvalue weighted by atomic mass is 16.7. The third-order valence-corrected chi connectivity index (χ3v) is 5.33. The summed E-state index contributed by atoms with van der Waals surface area (Å²) in [6.45, 7) is 3.71. The van der Waals surface area contributed by atoms with Gasteiger partial charge < -0.3 is 9.84 Å². The largest absolute Gasteiger partial charge is 0.510 e. The molecule has 4 saturated carbocycles. The van der Waals surface area contributed by atoms with Crippen molar-refractivity contribution in [2.24, 2.45) is 23.2 Å². The Morgan fingerprint density at radius 1 is 1.17 bits per heavy atom. The predicted molar refractivity (Wildman–Crippen MR) is 68.1 cm³/mol. The molecular weight excluding hydrogens is 228 g/mol. The molecule has 0 heterocycles. The van der Waals surface area contributed by atoms with Crippen molar-refractivity contribution in [1.82, 2.24) is 0 Å². The van der Waals surface area contributed by atoms with Gasteiger partial charge in [0.05, 0.1) is 0 Å². The van der Waals surface area contributed by atoms with Crippen LogP contribution in [0.5, 0.6) is 0 Å². The van der Waals surface area contributed by atoms with Gasteiger partial charge in [0.2, 0.25) is 0 Å². The zero-order valence-electron chi connectivity index (χ0n) is 10.9. The van der Waals surface area contributed by atoms with Crippen LogP contribution in [0.3, 0.4) is 0 Å². The standard InChI is InChI=1S/C15H22O3/c1-10(18-14(16)17)2-3-15-7-11-4-12(8-15)6-13(5-11)9-15/h11-13H,1-9H2,(H,16,17). The lowest BCUT2D eigenvalue weighted by molar-refractivity contribution is -0.0582. The maximum atomic E-state index is 10.4. The van der Waals surface area contributed by atoms with E-state index in [2.05, 4.69) is 11.3 Å². The van der Waals surface area contributed by atoms with Crippen molar-refractivity contribution < 1.29 is 14.6 Å². The summed E-state index contributed by atoms with van der Waals surface area (Å²) in [7, 11) is 0. The minimum absolute atomic E-state index is 0.415. The first-order chi connectivity index (χ1) is 8.55. The van der Waals surface area contributed by atoms with E-state index >= 15 is 0 Å². The Hall–Kier alpha value is -0.990. The molecule has 0 aromatic rings. The third kappa shape index (κ3) is 2.27. The molecule has 4 fully saturated rings. The highest BCUT2D eigenvalue weighted by Crippen LogP contribution is 2.61. The summed E-state index contributed by atoms with van der Waals surface area (Å²) in [5.74, 6) is 3.26. The van der Waals surface area contributed by atoms with Crippen LogP contribution in [-0.2, 0) is 4.74 Å². The van der Waals surface area contributed by atoms with Gasteiger partial charge in [0.15, 0.2) is 0 Å². The van der Waals surface area contributed by atoms with Gasteiger partial charge in [-0.1, -0.05) is 6.58 Å². The lowest BCUT2D eigenvalue weighted by atomic mass is 9.48. The van der Waals surface area contributed by atoms with Gasteiger partial charge in [-0.3, -0.25) is 0 Å². The molecule has 100 valence electrons. The number of ether oxygens (including phenoxy) is 1. The number of rotatable bonds is 4. The molecule has 18 heavy (non-hydrogen) atoms. The molecule has 0 aliphatic heterocycles. The summed E-state index contributed by atoms with van der Waals surface area (Å²) in [5.41, 5.74) is 0.486. The molecule has 3 nitrogen and oxygen atoms in total. The Labute approximate surface area is 108 Å². The second-order valence-electron chi connectivity index (χ2n) is 6.82. The van der Waals surface area contributed by atoms with Crippen LogP contribution in [0, 0.1) is 23.2 Å². The molecule has 0 amide bonds. The summed E-state index contributed by atoms with van der Waals surface area (Å²) in [4.78, 5) is 10.4. The van der Waals surface area contributed by atoms with Gasteiger partial charge in [-0.15, -0.1) is 0 Å². The minimum atomic E-state index is -1.23. The van der Waals surface area contributed by atoms with Crippen molar-refractivity contribution >= 4 is 6.16 Å². The molecular formula is C15H22O3. The molecule has 1 N–H and O–H groups in total. The maximum absolute atomic E-state index is 10.4. The Morgan fingerprint density at radius 2 is 1.67 bits per heavy atom. The molecule has 0 aromatic carbocycles. The molecule has 4 aliphatic carbocycles. The fraction of sp³-hybridized carbons (Fsp3) is 0.800. The van der Waals surface area contributed by atoms with Crippen molar-refractivity contribution in [3.05, 3.63) is 12.3 Å². The van der Waals surface area contributed by atoms with Crippen molar-refractivity contribution in [1.29, 1.82) is 0 Å². The van der Waals surface area contributed by atoms with Gasteiger partial charge in [-0.25, -0.2) is 4.79 Å². The van der Waals surface area contributed by atoms with E-state index < -0.39 is 6.16 Å². The topological polar surface area (TPSA) is 46.5 Å². The first-order valence-electron chi connectivity index (χ1n) is 7.13. The van der Waals surface area contributed by atoms with Gasteiger partial charge in [0.25, 0.3) is 0 Å². The molecule has 3 heteroatoms. The molecule has 4 rings (SSSR count). The lowest BCUT2D eigenvalue weighted by Gasteiger charge is -2.57. The highest BCUT2D eigenvalue weighted by molar-refractivity contribution is 5.58. The van der Waals surface area contributed by atoms with E-state index in [9.17, 15) is 4.79 Å². The lowest BCUT2D eigenvalue weighted by Crippen LogP contribution is -2.46. The molecule has 0 spiro atoms. The van der Waals surface area contributed by atoms with Gasteiger partial charge >= 0.3 is 6.16 Å². The van der Waals surface area contributed by atoms with E-state index in [1.165, 1.54) is 38.5 Å². The molecule has 0 aromatic heterocycles. The fourth-order valence-corrected chi connectivity index (χ4v) is 5.18. The van der Waals surface area contributed by atoms with Crippen LogP contribution >= 0.6 is 0 Å². The SMILES string of the molecule is C=C(CCC12CC3CC(CC(C3)C1)C2)OC(=O)O. The van der Waals surface area contributed by atoms with E-state index in [0.717, 1.165) is 24.2 Å². The van der Waals surface area contributed by atoms with Gasteiger partial charge in [0, 0.05) is 6.42 Å². The molecule has 4 bridgehead atoms. The Morgan fingerprint density at radius 3 is 2.11 bits per heavy atom. The van der Waals surface area contributed by atoms with Crippen molar-refractivity contribution in [2.45, 2.75) is 51.4 Å². The Kier molecular flexibility index (Phi) is 2.87. The molecule has 0 atom stereocenters. The molecule has 4 aliphatic rings. The minimum Gasteiger partial charge on any atom is -0.449 e.